The largest absolute Gasteiger partial charge is 0.462 e. The van der Waals surface area contributed by atoms with Crippen molar-refractivity contribution in [3.8, 4) is 5.75 Å². The fourth-order valence-electron chi connectivity index (χ4n) is 2.60. The summed E-state index contributed by atoms with van der Waals surface area (Å²) in [5.74, 6) is -3.49. The summed E-state index contributed by atoms with van der Waals surface area (Å²) in [7, 11) is -3.53. The fourth-order valence-corrected chi connectivity index (χ4v) is 15.1. The molecule has 3 rings (SSSR count). The van der Waals surface area contributed by atoms with Crippen LogP contribution in [0.3, 0.4) is 0 Å². The van der Waals surface area contributed by atoms with E-state index in [1.807, 2.05) is 0 Å². The first-order valence-electron chi connectivity index (χ1n) is 10.2. The summed E-state index contributed by atoms with van der Waals surface area (Å²) >= 11 is 19.4. The normalized spacial score (nSPS) is 28.5. The first-order chi connectivity index (χ1) is 16.2. The van der Waals surface area contributed by atoms with Crippen LogP contribution in [0.2, 0.25) is 0 Å². The number of rotatable bonds is 4. The third-order valence-electron chi connectivity index (χ3n) is 3.97. The van der Waals surface area contributed by atoms with E-state index in [9.17, 15) is 4.79 Å². The Morgan fingerprint density at radius 2 is 1.41 bits per heavy atom. The Morgan fingerprint density at radius 1 is 0.853 bits per heavy atom. The van der Waals surface area contributed by atoms with Crippen molar-refractivity contribution < 1.29 is 37.3 Å². The second-order valence-electron chi connectivity index (χ2n) is 6.53. The lowest BCUT2D eigenvalue weighted by molar-refractivity contribution is 0.00518. The van der Waals surface area contributed by atoms with E-state index in [1.54, 1.807) is 31.2 Å². The van der Waals surface area contributed by atoms with Crippen LogP contribution < -0.4 is 4.52 Å². The van der Waals surface area contributed by atoms with Gasteiger partial charge in [0.1, 0.15) is 5.75 Å². The number of fused-ring (bicyclic) bond motifs is 1. The second kappa shape index (κ2) is 13.4. The number of hydrogen-bond donors (Lipinski definition) is 0. The number of hydrogen-bond acceptors (Lipinski definition) is 11. The quantitative estimate of drug-likeness (QED) is 0.271. The summed E-state index contributed by atoms with van der Waals surface area (Å²) in [6.07, 6.45) is 0. The minimum atomic E-state index is -3.53. The molecule has 0 spiro atoms. The van der Waals surface area contributed by atoms with Crippen LogP contribution in [-0.4, -0.2) is 65.4 Å². The summed E-state index contributed by atoms with van der Waals surface area (Å²) in [6.45, 7) is 0.784. The molecular formula is C17H25Cl3N3O8P3. The van der Waals surface area contributed by atoms with E-state index in [0.29, 0.717) is 37.7 Å². The fraction of sp³-hybridized carbons (Fsp3) is 0.588. The summed E-state index contributed by atoms with van der Waals surface area (Å²) in [5.41, 5.74) is 0.353. The topological polar surface area (TPSA) is 119 Å². The Morgan fingerprint density at radius 3 is 2.00 bits per heavy atom. The third kappa shape index (κ3) is 9.06. The molecule has 2 aliphatic rings. The molecule has 0 fully saturated rings. The highest BCUT2D eigenvalue weighted by Gasteiger charge is 2.39. The van der Waals surface area contributed by atoms with Crippen molar-refractivity contribution >= 4 is 60.0 Å². The van der Waals surface area contributed by atoms with Gasteiger partial charge in [0.25, 0.3) is 5.91 Å². The van der Waals surface area contributed by atoms with Crippen molar-refractivity contribution in [3.63, 3.8) is 0 Å². The summed E-state index contributed by atoms with van der Waals surface area (Å²) < 4.78 is 52.1. The average molecular weight is 599 g/mol. The van der Waals surface area contributed by atoms with Gasteiger partial charge in [-0.25, -0.2) is 4.79 Å². The summed E-state index contributed by atoms with van der Waals surface area (Å²) in [4.78, 5) is 11.9. The predicted octanol–water partition coefficient (Wildman–Crippen LogP) is 6.91. The van der Waals surface area contributed by atoms with Gasteiger partial charge in [-0.1, -0.05) is 0 Å². The molecule has 2 atom stereocenters. The lowest BCUT2D eigenvalue weighted by Crippen LogP contribution is -2.13. The van der Waals surface area contributed by atoms with Gasteiger partial charge in [0.15, 0.2) is 0 Å². The highest BCUT2D eigenvalue weighted by Crippen LogP contribution is 2.84. The zero-order valence-electron chi connectivity index (χ0n) is 18.3. The molecule has 2 aliphatic heterocycles. The highest BCUT2D eigenvalue weighted by molar-refractivity contribution is 8.14. The highest BCUT2D eigenvalue weighted by atomic mass is 35.9. The molecule has 0 radical (unpaired) electrons. The number of carbonyl (C=O) groups excluding carboxylic acids is 1. The van der Waals surface area contributed by atoms with Crippen LogP contribution in [0.1, 0.15) is 17.3 Å². The zero-order chi connectivity index (χ0) is 24.5. The average Bonchev–Trinajstić information content (AvgIpc) is 2.75. The number of halogens is 3. The molecule has 17 heteroatoms. The molecule has 11 nitrogen and oxygen atoms in total. The molecule has 0 aromatic heterocycles. The number of carbonyl (C=O) groups is 1. The second-order valence-corrected chi connectivity index (χ2v) is 16.9. The zero-order valence-corrected chi connectivity index (χ0v) is 23.2. The van der Waals surface area contributed by atoms with E-state index >= 15 is 0 Å². The lowest BCUT2D eigenvalue weighted by atomic mass is 10.2. The molecule has 0 amide bonds. The number of nitrogens with zero attached hydrogens (tertiary/aromatic N) is 3. The van der Waals surface area contributed by atoms with Gasteiger partial charge >= 0.3 is 20.4 Å². The summed E-state index contributed by atoms with van der Waals surface area (Å²) in [6, 6.07) is 6.19. The van der Waals surface area contributed by atoms with Gasteiger partial charge in [-0.15, -0.1) is 4.52 Å². The molecule has 0 N–H and O–H groups in total. The molecule has 192 valence electrons. The SMILES string of the molecule is CCOC(=O)c1ccc(OP23=NP(Cl)(=NP(Cl)(Cl)=N2)OCCOCCOCCOCCO3)cc1. The smallest absolute Gasteiger partial charge is 0.400 e. The standard InChI is InChI=1S/C17H25Cl3N3O8P3/c1-2-28-17(24)15-3-5-16(6-4-15)31-34-22-32(18,19)21-33(20,23-34)29-13-11-26-9-7-25-8-10-27-12-14-30-34/h3-6H,2,7-14H2,1H3. The number of benzene rings is 1. The van der Waals surface area contributed by atoms with Gasteiger partial charge in [0, 0.05) is 0 Å². The van der Waals surface area contributed by atoms with Gasteiger partial charge in [0.2, 0.25) is 0 Å². The van der Waals surface area contributed by atoms with E-state index in [4.69, 9.17) is 66.2 Å². The van der Waals surface area contributed by atoms with Gasteiger partial charge in [-0.2, -0.15) is 9.03 Å². The van der Waals surface area contributed by atoms with Crippen molar-refractivity contribution in [1.29, 1.82) is 0 Å². The monoisotopic (exact) mass is 597 g/mol. The molecule has 1 aromatic rings. The van der Waals surface area contributed by atoms with E-state index < -0.39 is 26.3 Å². The summed E-state index contributed by atoms with van der Waals surface area (Å²) in [5, 5.41) is 0. The maximum atomic E-state index is 11.9. The Hall–Kier alpha value is -0.150. The van der Waals surface area contributed by atoms with Gasteiger partial charge in [0.05, 0.1) is 65.0 Å². The van der Waals surface area contributed by atoms with Crippen molar-refractivity contribution in [3.05, 3.63) is 29.8 Å². The van der Waals surface area contributed by atoms with Gasteiger partial charge < -0.3 is 28.0 Å². The maximum absolute atomic E-state index is 11.9. The van der Waals surface area contributed by atoms with E-state index in [-0.39, 0.29) is 33.0 Å². The minimum Gasteiger partial charge on any atom is -0.462 e. The van der Waals surface area contributed by atoms with Gasteiger partial charge in [-0.3, -0.25) is 4.52 Å². The van der Waals surface area contributed by atoms with Crippen LogP contribution >= 0.6 is 54.1 Å². The first kappa shape index (κ1) is 28.4. The van der Waals surface area contributed by atoms with Crippen LogP contribution in [0.4, 0.5) is 0 Å². The molecule has 0 saturated carbocycles. The molecule has 0 saturated heterocycles. The van der Waals surface area contributed by atoms with Crippen LogP contribution in [0.25, 0.3) is 0 Å². The van der Waals surface area contributed by atoms with Crippen LogP contribution in [0.5, 0.6) is 5.75 Å². The van der Waals surface area contributed by atoms with Crippen molar-refractivity contribution in [1.82, 2.24) is 0 Å². The van der Waals surface area contributed by atoms with Gasteiger partial charge in [-0.05, 0) is 64.9 Å². The van der Waals surface area contributed by atoms with E-state index in [0.717, 1.165) is 0 Å². The van der Waals surface area contributed by atoms with Crippen molar-refractivity contribution in [2.24, 2.45) is 13.5 Å². The number of ether oxygens (including phenoxy) is 4. The van der Waals surface area contributed by atoms with Crippen LogP contribution in [0.15, 0.2) is 37.8 Å². The number of esters is 1. The molecule has 34 heavy (non-hydrogen) atoms. The van der Waals surface area contributed by atoms with Crippen molar-refractivity contribution in [2.45, 2.75) is 6.92 Å². The molecule has 2 bridgehead atoms. The van der Waals surface area contributed by atoms with Crippen LogP contribution in [0, 0.1) is 0 Å². The molecule has 0 aliphatic carbocycles. The van der Waals surface area contributed by atoms with Crippen molar-refractivity contribution in [2.75, 3.05) is 59.5 Å². The predicted molar refractivity (Wildman–Crippen MR) is 133 cm³/mol. The molecule has 1 aromatic carbocycles. The Labute approximate surface area is 212 Å². The molecule has 2 heterocycles. The maximum Gasteiger partial charge on any atom is 0.400 e. The Kier molecular flexibility index (Phi) is 11.2. The first-order valence-corrected chi connectivity index (χ1v) is 17.8. The molecular weight excluding hydrogens is 573 g/mol. The van der Waals surface area contributed by atoms with E-state index in [1.165, 1.54) is 0 Å². The van der Waals surface area contributed by atoms with Crippen LogP contribution in [-0.2, 0) is 28.0 Å². The Balaban J connectivity index is 1.90. The lowest BCUT2D eigenvalue weighted by Gasteiger charge is -2.28. The molecule has 2 unspecified atom stereocenters. The van der Waals surface area contributed by atoms with E-state index in [2.05, 4.69) is 13.5 Å². The Bertz CT molecular complexity index is 1010. The third-order valence-corrected chi connectivity index (χ3v) is 14.7. The minimum absolute atomic E-state index is 0.0649.